The van der Waals surface area contributed by atoms with Gasteiger partial charge in [-0.1, -0.05) is 0 Å². The molecule has 17 heteroatoms. The van der Waals surface area contributed by atoms with Crippen molar-refractivity contribution in [1.29, 1.82) is 5.41 Å². The molecule has 0 aliphatic carbocycles. The van der Waals surface area contributed by atoms with Crippen LogP contribution in [0.15, 0.2) is 24.3 Å². The number of hydrogen-bond donors (Lipinski definition) is 6. The number of ether oxygens (including phenoxy) is 1. The molecule has 0 bridgehead atoms. The van der Waals surface area contributed by atoms with Crippen LogP contribution in [0.3, 0.4) is 0 Å². The van der Waals surface area contributed by atoms with Gasteiger partial charge in [0.05, 0.1) is 6.42 Å². The van der Waals surface area contributed by atoms with E-state index in [0.29, 0.717) is 10.4 Å². The van der Waals surface area contributed by atoms with Crippen LogP contribution < -0.4 is 15.8 Å². The smallest absolute Gasteiger partial charge is 0.481 e. The highest BCUT2D eigenvalue weighted by molar-refractivity contribution is 7.14. The quantitative estimate of drug-likeness (QED) is 0.0793. The van der Waals surface area contributed by atoms with Crippen LogP contribution in [0.2, 0.25) is 0 Å². The number of amides is 1. The van der Waals surface area contributed by atoms with Crippen LogP contribution in [-0.4, -0.2) is 63.2 Å². The zero-order valence-electron chi connectivity index (χ0n) is 19.8. The molecule has 1 heterocycles. The molecular formula is C22H21F4N3O9S. The van der Waals surface area contributed by atoms with E-state index in [-0.39, 0.29) is 34.9 Å². The highest BCUT2D eigenvalue weighted by atomic mass is 32.1. The van der Waals surface area contributed by atoms with Crippen LogP contribution in [0.4, 0.5) is 17.6 Å². The van der Waals surface area contributed by atoms with Gasteiger partial charge in [-0.15, -0.1) is 11.3 Å². The monoisotopic (exact) mass is 579 g/mol. The summed E-state index contributed by atoms with van der Waals surface area (Å²) in [5, 5.41) is 34.2. The number of nitrogens with one attached hydrogen (secondary N) is 2. The summed E-state index contributed by atoms with van der Waals surface area (Å²) < 4.78 is 50.9. The molecule has 0 unspecified atom stereocenters. The molecule has 1 atom stereocenters. The fourth-order valence-corrected chi connectivity index (χ4v) is 3.69. The first-order valence-corrected chi connectivity index (χ1v) is 11.2. The van der Waals surface area contributed by atoms with Gasteiger partial charge in [-0.2, -0.15) is 13.2 Å². The van der Waals surface area contributed by atoms with E-state index < -0.39 is 54.2 Å². The molecule has 0 spiro atoms. The summed E-state index contributed by atoms with van der Waals surface area (Å²) >= 11 is 1.04. The Kier molecular flexibility index (Phi) is 11.5. The molecule has 12 nitrogen and oxygen atoms in total. The second-order valence-corrected chi connectivity index (χ2v) is 8.66. The van der Waals surface area contributed by atoms with E-state index in [1.807, 2.05) is 0 Å². The lowest BCUT2D eigenvalue weighted by molar-refractivity contribution is -0.192. The van der Waals surface area contributed by atoms with Gasteiger partial charge in [-0.3, -0.25) is 15.0 Å². The predicted molar refractivity (Wildman–Crippen MR) is 125 cm³/mol. The Morgan fingerprint density at radius 1 is 1.13 bits per heavy atom. The standard InChI is InChI=1S/C20H20FN3O7S.C2HF3O2/c1-9-6-15(20(30)31-13-3-2-10(18(22)23)7-11(13)21)32-14(9)4-5-16(25)24-12(19(28)29)8-17(26)27;3-2(4,5)1(6)7/h2-3,6-7,12H,4-5,8H2,1H3,(H3,22,23)(H,24,25)(H,26,27)(H,28,29);(H,6,7)/t12-;/m0./s1. The molecule has 1 aromatic heterocycles. The van der Waals surface area contributed by atoms with Crippen LogP contribution in [0, 0.1) is 18.2 Å². The molecular weight excluding hydrogens is 558 g/mol. The van der Waals surface area contributed by atoms with Crippen molar-refractivity contribution in [2.75, 3.05) is 0 Å². The average Bonchev–Trinajstić information content (AvgIpc) is 3.18. The van der Waals surface area contributed by atoms with Crippen LogP contribution in [0.25, 0.3) is 0 Å². The van der Waals surface area contributed by atoms with Crippen molar-refractivity contribution in [3.05, 3.63) is 51.0 Å². The predicted octanol–water partition coefficient (Wildman–Crippen LogP) is 2.31. The maximum Gasteiger partial charge on any atom is 0.490 e. The lowest BCUT2D eigenvalue weighted by Gasteiger charge is -2.12. The van der Waals surface area contributed by atoms with Gasteiger partial charge in [0.15, 0.2) is 11.6 Å². The number of halogens is 4. The summed E-state index contributed by atoms with van der Waals surface area (Å²) in [7, 11) is 0. The summed E-state index contributed by atoms with van der Waals surface area (Å²) in [6.07, 6.45) is -5.78. The molecule has 0 saturated carbocycles. The Balaban J connectivity index is 0.000000956. The molecule has 0 aliphatic rings. The summed E-state index contributed by atoms with van der Waals surface area (Å²) in [5.74, 6) is -8.55. The maximum atomic E-state index is 14.1. The van der Waals surface area contributed by atoms with E-state index in [4.69, 9.17) is 36.0 Å². The van der Waals surface area contributed by atoms with E-state index in [1.54, 1.807) is 6.92 Å². The Morgan fingerprint density at radius 2 is 1.72 bits per heavy atom. The number of thiophene rings is 1. The topological polar surface area (TPSA) is 217 Å². The highest BCUT2D eigenvalue weighted by Crippen LogP contribution is 2.26. The number of nitrogen functional groups attached to an aromatic ring is 1. The number of alkyl halides is 3. The number of amidine groups is 1. The molecule has 7 N–H and O–H groups in total. The van der Waals surface area contributed by atoms with Crippen LogP contribution >= 0.6 is 11.3 Å². The Labute approximate surface area is 220 Å². The Hall–Kier alpha value is -4.54. The number of aliphatic carboxylic acids is 3. The van der Waals surface area contributed by atoms with E-state index in [0.717, 1.165) is 17.4 Å². The molecule has 39 heavy (non-hydrogen) atoms. The van der Waals surface area contributed by atoms with Crippen molar-refractivity contribution in [2.24, 2.45) is 5.73 Å². The third-order valence-electron chi connectivity index (χ3n) is 4.50. The Morgan fingerprint density at radius 3 is 2.18 bits per heavy atom. The maximum absolute atomic E-state index is 14.1. The lowest BCUT2D eigenvalue weighted by atomic mass is 10.1. The number of hydrogen-bond acceptors (Lipinski definition) is 8. The van der Waals surface area contributed by atoms with Crippen molar-refractivity contribution < 1.29 is 61.6 Å². The number of benzene rings is 1. The summed E-state index contributed by atoms with van der Waals surface area (Å²) in [5.41, 5.74) is 6.11. The molecule has 0 radical (unpaired) electrons. The van der Waals surface area contributed by atoms with Gasteiger partial charge in [0.1, 0.15) is 16.8 Å². The molecule has 1 aromatic carbocycles. The minimum Gasteiger partial charge on any atom is -0.481 e. The summed E-state index contributed by atoms with van der Waals surface area (Å²) in [6.45, 7) is 1.70. The summed E-state index contributed by atoms with van der Waals surface area (Å²) in [4.78, 5) is 55.8. The normalized spacial score (nSPS) is 11.4. The second-order valence-electron chi connectivity index (χ2n) is 7.52. The number of aryl methyl sites for hydroxylation is 2. The van der Waals surface area contributed by atoms with Gasteiger partial charge in [0.2, 0.25) is 5.91 Å². The molecule has 0 fully saturated rings. The second kappa shape index (κ2) is 13.8. The van der Waals surface area contributed by atoms with Gasteiger partial charge in [-0.25, -0.2) is 18.8 Å². The van der Waals surface area contributed by atoms with Gasteiger partial charge in [-0.05, 0) is 43.2 Å². The zero-order chi connectivity index (χ0) is 30.1. The number of esters is 1. The molecule has 212 valence electrons. The molecule has 2 rings (SSSR count). The third kappa shape index (κ3) is 10.8. The lowest BCUT2D eigenvalue weighted by Crippen LogP contribution is -2.42. The third-order valence-corrected chi connectivity index (χ3v) is 5.78. The molecule has 2 aromatic rings. The van der Waals surface area contributed by atoms with Gasteiger partial charge >= 0.3 is 30.1 Å². The van der Waals surface area contributed by atoms with E-state index in [9.17, 15) is 36.7 Å². The average molecular weight is 579 g/mol. The van der Waals surface area contributed by atoms with Crippen molar-refractivity contribution in [1.82, 2.24) is 5.32 Å². The molecule has 0 aliphatic heterocycles. The highest BCUT2D eigenvalue weighted by Gasteiger charge is 2.38. The van der Waals surface area contributed by atoms with Gasteiger partial charge < -0.3 is 31.1 Å². The first kappa shape index (κ1) is 32.5. The van der Waals surface area contributed by atoms with Crippen LogP contribution in [0.1, 0.15) is 38.5 Å². The number of carboxylic acid groups (broad SMARTS) is 3. The first-order valence-electron chi connectivity index (χ1n) is 10.4. The van der Waals surface area contributed by atoms with E-state index >= 15 is 0 Å². The number of carbonyl (C=O) groups excluding carboxylic acids is 2. The Bertz CT molecular complexity index is 1280. The largest absolute Gasteiger partial charge is 0.490 e. The minimum absolute atomic E-state index is 0.125. The van der Waals surface area contributed by atoms with Gasteiger partial charge in [0, 0.05) is 16.9 Å². The van der Waals surface area contributed by atoms with E-state index in [1.165, 1.54) is 18.2 Å². The SMILES string of the molecule is Cc1cc(C(=O)Oc2ccc(C(=N)N)cc2F)sc1CCC(=O)N[C@@H](CC(=O)O)C(=O)O.O=C(O)C(F)(F)F. The molecule has 0 saturated heterocycles. The zero-order valence-corrected chi connectivity index (χ0v) is 20.6. The van der Waals surface area contributed by atoms with Crippen LogP contribution in [0.5, 0.6) is 5.75 Å². The molecule has 1 amide bonds. The van der Waals surface area contributed by atoms with Crippen molar-refractivity contribution in [3.63, 3.8) is 0 Å². The summed E-state index contributed by atoms with van der Waals surface area (Å²) in [6, 6.07) is 3.48. The fourth-order valence-electron chi connectivity index (χ4n) is 2.64. The number of rotatable bonds is 10. The first-order chi connectivity index (χ1) is 17.9. The van der Waals surface area contributed by atoms with Crippen molar-refractivity contribution >= 4 is 47.0 Å². The van der Waals surface area contributed by atoms with Gasteiger partial charge in [0.25, 0.3) is 0 Å². The van der Waals surface area contributed by atoms with Crippen LogP contribution in [-0.2, 0) is 25.6 Å². The van der Waals surface area contributed by atoms with Crippen molar-refractivity contribution in [2.45, 2.75) is 38.4 Å². The number of nitrogens with two attached hydrogens (primary N) is 1. The number of carbonyl (C=O) groups is 5. The number of carboxylic acids is 3. The minimum atomic E-state index is -5.08. The van der Waals surface area contributed by atoms with E-state index in [2.05, 4.69) is 5.32 Å². The van der Waals surface area contributed by atoms with Crippen molar-refractivity contribution in [3.8, 4) is 5.75 Å². The fraction of sp³-hybridized carbons (Fsp3) is 0.273.